The lowest BCUT2D eigenvalue weighted by Crippen LogP contribution is -2.33. The van der Waals surface area contributed by atoms with Gasteiger partial charge in [-0.3, -0.25) is 0 Å². The molecule has 1 heterocycles. The number of hydrogen-bond donors (Lipinski definition) is 1. The van der Waals surface area contributed by atoms with Gasteiger partial charge in [0.05, 0.1) is 12.6 Å². The van der Waals surface area contributed by atoms with E-state index in [1.54, 1.807) is 11.9 Å². The molecular weight excluding hydrogens is 250 g/mol. The zero-order valence-corrected chi connectivity index (χ0v) is 11.3. The molecule has 0 bridgehead atoms. The minimum Gasteiger partial charge on any atom is -0.379 e. The van der Waals surface area contributed by atoms with Gasteiger partial charge in [0, 0.05) is 19.7 Å². The fourth-order valence-corrected chi connectivity index (χ4v) is 2.45. The van der Waals surface area contributed by atoms with Crippen LogP contribution in [0.3, 0.4) is 0 Å². The third-order valence-electron chi connectivity index (χ3n) is 3.44. The first-order valence-corrected chi connectivity index (χ1v) is 6.53. The maximum Gasteiger partial charge on any atom is 0.149 e. The molecular formula is C14H20F2N2O. The van der Waals surface area contributed by atoms with Crippen molar-refractivity contribution in [3.8, 4) is 0 Å². The molecule has 0 amide bonds. The van der Waals surface area contributed by atoms with E-state index in [1.165, 1.54) is 12.1 Å². The molecule has 106 valence electrons. The third-order valence-corrected chi connectivity index (χ3v) is 3.44. The molecule has 1 aromatic rings. The van der Waals surface area contributed by atoms with E-state index in [4.69, 9.17) is 10.5 Å². The van der Waals surface area contributed by atoms with Gasteiger partial charge in [-0.1, -0.05) is 0 Å². The predicted octanol–water partition coefficient (Wildman–Crippen LogP) is 2.08. The lowest BCUT2D eigenvalue weighted by Gasteiger charge is -2.26. The maximum atomic E-state index is 14.1. The fourth-order valence-electron chi connectivity index (χ4n) is 2.45. The van der Waals surface area contributed by atoms with Gasteiger partial charge in [0.1, 0.15) is 17.3 Å². The number of nitrogens with two attached hydrogens (primary N) is 1. The van der Waals surface area contributed by atoms with Gasteiger partial charge in [0.2, 0.25) is 0 Å². The minimum absolute atomic E-state index is 0.0175. The third kappa shape index (κ3) is 3.22. The molecule has 0 saturated carbocycles. The second-order valence-corrected chi connectivity index (χ2v) is 5.22. The molecule has 0 spiro atoms. The zero-order chi connectivity index (χ0) is 14.0. The highest BCUT2D eigenvalue weighted by molar-refractivity contribution is 5.51. The molecule has 1 aliphatic rings. The van der Waals surface area contributed by atoms with Crippen molar-refractivity contribution in [1.82, 2.24) is 0 Å². The average Bonchev–Trinajstić information content (AvgIpc) is 2.79. The first-order chi connectivity index (χ1) is 8.99. The molecule has 2 atom stereocenters. The van der Waals surface area contributed by atoms with Gasteiger partial charge in [-0.05, 0) is 37.5 Å². The molecule has 0 aromatic heterocycles. The number of anilines is 1. The number of nitrogens with zero attached hydrogens (tertiary/aromatic N) is 1. The van der Waals surface area contributed by atoms with Crippen molar-refractivity contribution >= 4 is 5.69 Å². The quantitative estimate of drug-likeness (QED) is 0.910. The van der Waals surface area contributed by atoms with Crippen LogP contribution in [0, 0.1) is 11.6 Å². The summed E-state index contributed by atoms with van der Waals surface area (Å²) in [6.07, 6.45) is 1.25. The van der Waals surface area contributed by atoms with Crippen molar-refractivity contribution in [2.45, 2.75) is 31.8 Å². The Labute approximate surface area is 112 Å². The molecule has 1 aromatic carbocycles. The molecule has 0 aliphatic carbocycles. The Kier molecular flexibility index (Phi) is 4.37. The molecule has 2 unspecified atom stereocenters. The van der Waals surface area contributed by atoms with Crippen molar-refractivity contribution in [1.29, 1.82) is 0 Å². The second-order valence-electron chi connectivity index (χ2n) is 5.22. The van der Waals surface area contributed by atoms with Gasteiger partial charge >= 0.3 is 0 Å². The molecule has 0 radical (unpaired) electrons. The van der Waals surface area contributed by atoms with Gasteiger partial charge in [0.25, 0.3) is 0 Å². The Morgan fingerprint density at radius 2 is 2.05 bits per heavy atom. The maximum absolute atomic E-state index is 14.1. The Morgan fingerprint density at radius 1 is 1.42 bits per heavy atom. The van der Waals surface area contributed by atoms with E-state index in [0.29, 0.717) is 25.2 Å². The van der Waals surface area contributed by atoms with Crippen LogP contribution in [-0.4, -0.2) is 32.3 Å². The van der Waals surface area contributed by atoms with Crippen molar-refractivity contribution in [3.05, 3.63) is 29.3 Å². The van der Waals surface area contributed by atoms with Crippen LogP contribution in [-0.2, 0) is 11.2 Å². The summed E-state index contributed by atoms with van der Waals surface area (Å²) in [7, 11) is 1.70. The molecule has 2 N–H and O–H groups in total. The van der Waals surface area contributed by atoms with E-state index in [-0.39, 0.29) is 17.8 Å². The van der Waals surface area contributed by atoms with E-state index in [0.717, 1.165) is 6.42 Å². The van der Waals surface area contributed by atoms with Crippen LogP contribution in [0.1, 0.15) is 18.9 Å². The monoisotopic (exact) mass is 270 g/mol. The van der Waals surface area contributed by atoms with Crippen LogP contribution >= 0.6 is 0 Å². The summed E-state index contributed by atoms with van der Waals surface area (Å²) < 4.78 is 33.5. The van der Waals surface area contributed by atoms with E-state index in [9.17, 15) is 8.78 Å². The summed E-state index contributed by atoms with van der Waals surface area (Å²) in [5, 5.41) is 0. The van der Waals surface area contributed by atoms with Gasteiger partial charge in [0.15, 0.2) is 0 Å². The second kappa shape index (κ2) is 5.84. The van der Waals surface area contributed by atoms with Crippen LogP contribution in [0.5, 0.6) is 0 Å². The van der Waals surface area contributed by atoms with E-state index in [1.807, 2.05) is 6.92 Å². The smallest absolute Gasteiger partial charge is 0.149 e. The number of hydrogen-bond acceptors (Lipinski definition) is 3. The van der Waals surface area contributed by atoms with Crippen molar-refractivity contribution < 1.29 is 13.5 Å². The summed E-state index contributed by atoms with van der Waals surface area (Å²) >= 11 is 0. The highest BCUT2D eigenvalue weighted by atomic mass is 19.1. The van der Waals surface area contributed by atoms with Crippen molar-refractivity contribution in [3.63, 3.8) is 0 Å². The standard InChI is InChI=1S/C14H20F2N2O/c1-9(17)5-10-6-12(15)14(13(16)7-10)18(2)11-3-4-19-8-11/h6-7,9,11H,3-5,8,17H2,1-2H3. The highest BCUT2D eigenvalue weighted by Gasteiger charge is 2.25. The molecule has 5 heteroatoms. The van der Waals surface area contributed by atoms with Crippen LogP contribution in [0.15, 0.2) is 12.1 Å². The molecule has 19 heavy (non-hydrogen) atoms. The Balaban J connectivity index is 2.25. The molecule has 1 aliphatic heterocycles. The van der Waals surface area contributed by atoms with Crippen LogP contribution < -0.4 is 10.6 Å². The first-order valence-electron chi connectivity index (χ1n) is 6.53. The number of rotatable bonds is 4. The number of ether oxygens (including phenoxy) is 1. The molecule has 3 nitrogen and oxygen atoms in total. The van der Waals surface area contributed by atoms with E-state index in [2.05, 4.69) is 0 Å². The largest absolute Gasteiger partial charge is 0.379 e. The Hall–Kier alpha value is -1.20. The SMILES string of the molecule is CC(N)Cc1cc(F)c(N(C)C2CCOC2)c(F)c1. The van der Waals surface area contributed by atoms with Crippen molar-refractivity contribution in [2.75, 3.05) is 25.2 Å². The zero-order valence-electron chi connectivity index (χ0n) is 11.3. The predicted molar refractivity (Wildman–Crippen MR) is 71.3 cm³/mol. The number of benzene rings is 1. The van der Waals surface area contributed by atoms with E-state index >= 15 is 0 Å². The number of likely N-dealkylation sites (N-methyl/N-ethyl adjacent to an activating group) is 1. The minimum atomic E-state index is -0.537. The number of halogens is 2. The normalized spacial score (nSPS) is 20.6. The average molecular weight is 270 g/mol. The van der Waals surface area contributed by atoms with Crippen LogP contribution in [0.2, 0.25) is 0 Å². The van der Waals surface area contributed by atoms with Crippen LogP contribution in [0.4, 0.5) is 14.5 Å². The van der Waals surface area contributed by atoms with Crippen molar-refractivity contribution in [2.24, 2.45) is 5.73 Å². The molecule has 2 rings (SSSR count). The highest BCUT2D eigenvalue weighted by Crippen LogP contribution is 2.28. The van der Waals surface area contributed by atoms with Gasteiger partial charge in [-0.25, -0.2) is 8.78 Å². The van der Waals surface area contributed by atoms with E-state index < -0.39 is 11.6 Å². The Bertz CT molecular complexity index is 422. The summed E-state index contributed by atoms with van der Waals surface area (Å²) in [6, 6.07) is 2.65. The summed E-state index contributed by atoms with van der Waals surface area (Å²) in [5.74, 6) is -1.07. The van der Waals surface area contributed by atoms with Gasteiger partial charge in [-0.15, -0.1) is 0 Å². The summed E-state index contributed by atoms with van der Waals surface area (Å²) in [4.78, 5) is 1.63. The summed E-state index contributed by atoms with van der Waals surface area (Å²) in [6.45, 7) is 2.96. The van der Waals surface area contributed by atoms with Crippen LogP contribution in [0.25, 0.3) is 0 Å². The Morgan fingerprint density at radius 3 is 2.53 bits per heavy atom. The van der Waals surface area contributed by atoms with Gasteiger partial charge < -0.3 is 15.4 Å². The lowest BCUT2D eigenvalue weighted by molar-refractivity contribution is 0.193. The fraction of sp³-hybridized carbons (Fsp3) is 0.571. The lowest BCUT2D eigenvalue weighted by atomic mass is 10.1. The summed E-state index contributed by atoms with van der Waals surface area (Å²) in [5.41, 5.74) is 6.26. The molecule has 1 saturated heterocycles. The topological polar surface area (TPSA) is 38.5 Å². The van der Waals surface area contributed by atoms with Gasteiger partial charge in [-0.2, -0.15) is 0 Å². The molecule has 1 fully saturated rings. The first kappa shape index (κ1) is 14.2.